The molecular weight excluding hydrogens is 307 g/mol. The van der Waals surface area contributed by atoms with Crippen LogP contribution in [0.5, 0.6) is 0 Å². The van der Waals surface area contributed by atoms with Gasteiger partial charge in [-0.15, -0.1) is 0 Å². The zero-order valence-corrected chi connectivity index (χ0v) is 12.7. The second-order valence-electron chi connectivity index (χ2n) is 4.70. The van der Waals surface area contributed by atoms with Crippen molar-refractivity contribution in [2.45, 2.75) is 6.92 Å². The molecule has 0 spiro atoms. The van der Waals surface area contributed by atoms with Crippen molar-refractivity contribution in [2.24, 2.45) is 0 Å². The number of aryl methyl sites for hydroxylation is 1. The minimum atomic E-state index is 0.522. The van der Waals surface area contributed by atoms with Crippen molar-refractivity contribution in [1.29, 1.82) is 0 Å². The third kappa shape index (κ3) is 2.73. The zero-order valence-electron chi connectivity index (χ0n) is 11.2. The largest absolute Gasteiger partial charge is 0.398 e. The Labute approximate surface area is 131 Å². The van der Waals surface area contributed by atoms with Gasteiger partial charge >= 0.3 is 0 Å². The third-order valence-electron chi connectivity index (χ3n) is 3.21. The maximum Gasteiger partial charge on any atom is 0.181 e. The molecule has 3 aromatic rings. The Hall–Kier alpha value is -2.04. The van der Waals surface area contributed by atoms with E-state index in [1.165, 1.54) is 0 Å². The van der Waals surface area contributed by atoms with Crippen molar-refractivity contribution in [3.63, 3.8) is 0 Å². The van der Waals surface area contributed by atoms with Crippen LogP contribution in [0.2, 0.25) is 10.0 Å². The predicted molar refractivity (Wildman–Crippen MR) is 86.4 cm³/mol. The molecule has 2 aromatic carbocycles. The van der Waals surface area contributed by atoms with Crippen LogP contribution in [0.1, 0.15) is 5.56 Å². The number of halogens is 2. The summed E-state index contributed by atoms with van der Waals surface area (Å²) >= 11 is 12.1. The summed E-state index contributed by atoms with van der Waals surface area (Å²) in [5.74, 6) is 1.16. The molecule has 0 saturated heterocycles. The minimum absolute atomic E-state index is 0.522. The first-order valence-electron chi connectivity index (χ1n) is 6.29. The lowest BCUT2D eigenvalue weighted by molar-refractivity contribution is 1.10. The number of nitrogen functional groups attached to an aromatic ring is 1. The van der Waals surface area contributed by atoms with Crippen LogP contribution in [0.15, 0.2) is 36.4 Å². The fraction of sp³-hybridized carbons (Fsp3) is 0.0667. The fourth-order valence-electron chi connectivity index (χ4n) is 1.97. The van der Waals surface area contributed by atoms with Crippen molar-refractivity contribution >= 4 is 28.9 Å². The van der Waals surface area contributed by atoms with Crippen LogP contribution in [0.25, 0.3) is 22.8 Å². The van der Waals surface area contributed by atoms with Crippen LogP contribution in [0.4, 0.5) is 5.69 Å². The van der Waals surface area contributed by atoms with E-state index in [9.17, 15) is 0 Å². The number of anilines is 1. The molecule has 6 heteroatoms. The Morgan fingerprint density at radius 3 is 2.62 bits per heavy atom. The number of benzene rings is 2. The number of nitrogens with zero attached hydrogens (tertiary/aromatic N) is 2. The Balaban J connectivity index is 2.01. The van der Waals surface area contributed by atoms with Crippen LogP contribution in [0, 0.1) is 6.92 Å². The van der Waals surface area contributed by atoms with E-state index in [0.717, 1.165) is 16.7 Å². The first-order valence-corrected chi connectivity index (χ1v) is 7.04. The van der Waals surface area contributed by atoms with Gasteiger partial charge in [-0.1, -0.05) is 35.3 Å². The molecule has 21 heavy (non-hydrogen) atoms. The van der Waals surface area contributed by atoms with E-state index in [4.69, 9.17) is 28.9 Å². The highest BCUT2D eigenvalue weighted by Crippen LogP contribution is 2.29. The predicted octanol–water partition coefficient (Wildman–Crippen LogP) is 4.34. The number of H-pyrrole nitrogens is 1. The molecule has 106 valence electrons. The SMILES string of the molecule is Cc1ccc(-c2n[nH]c(-c3ccc(Cl)cc3Cl)n2)cc1N. The molecule has 0 fully saturated rings. The zero-order chi connectivity index (χ0) is 15.0. The van der Waals surface area contributed by atoms with Gasteiger partial charge in [-0.05, 0) is 36.8 Å². The molecular formula is C15H12Cl2N4. The number of nitrogens with two attached hydrogens (primary N) is 1. The summed E-state index contributed by atoms with van der Waals surface area (Å²) < 4.78 is 0. The third-order valence-corrected chi connectivity index (χ3v) is 3.76. The fourth-order valence-corrected chi connectivity index (χ4v) is 2.47. The standard InChI is InChI=1S/C15H12Cl2N4/c1-8-2-3-9(6-13(8)18)14-19-15(21-20-14)11-5-4-10(16)7-12(11)17/h2-7H,18H2,1H3,(H,19,20,21). The molecule has 0 aliphatic heterocycles. The Kier molecular flexibility index (Phi) is 3.57. The average molecular weight is 319 g/mol. The Morgan fingerprint density at radius 1 is 1.10 bits per heavy atom. The molecule has 0 aliphatic rings. The van der Waals surface area contributed by atoms with E-state index < -0.39 is 0 Å². The van der Waals surface area contributed by atoms with Gasteiger partial charge in [-0.25, -0.2) is 4.98 Å². The summed E-state index contributed by atoms with van der Waals surface area (Å²) in [5, 5.41) is 8.20. The van der Waals surface area contributed by atoms with Gasteiger partial charge in [0.25, 0.3) is 0 Å². The monoisotopic (exact) mass is 318 g/mol. The van der Waals surface area contributed by atoms with Gasteiger partial charge in [-0.2, -0.15) is 5.10 Å². The molecule has 0 unspecified atom stereocenters. The van der Waals surface area contributed by atoms with Gasteiger partial charge < -0.3 is 5.73 Å². The van der Waals surface area contributed by atoms with E-state index in [-0.39, 0.29) is 0 Å². The summed E-state index contributed by atoms with van der Waals surface area (Å²) in [6.07, 6.45) is 0. The normalized spacial score (nSPS) is 10.8. The highest BCUT2D eigenvalue weighted by molar-refractivity contribution is 6.36. The quantitative estimate of drug-likeness (QED) is 0.691. The molecule has 0 bridgehead atoms. The first kappa shape index (κ1) is 13.9. The van der Waals surface area contributed by atoms with Crippen LogP contribution < -0.4 is 5.73 Å². The van der Waals surface area contributed by atoms with E-state index in [1.54, 1.807) is 18.2 Å². The van der Waals surface area contributed by atoms with Gasteiger partial charge in [0.2, 0.25) is 0 Å². The number of hydrogen-bond donors (Lipinski definition) is 2. The minimum Gasteiger partial charge on any atom is -0.398 e. The topological polar surface area (TPSA) is 67.6 Å². The van der Waals surface area contributed by atoms with Crippen LogP contribution >= 0.6 is 23.2 Å². The van der Waals surface area contributed by atoms with Crippen molar-refractivity contribution in [2.75, 3.05) is 5.73 Å². The summed E-state index contributed by atoms with van der Waals surface area (Å²) in [7, 11) is 0. The van der Waals surface area contributed by atoms with E-state index in [1.807, 2.05) is 25.1 Å². The highest BCUT2D eigenvalue weighted by atomic mass is 35.5. The molecule has 3 rings (SSSR count). The van der Waals surface area contributed by atoms with Crippen molar-refractivity contribution in [3.8, 4) is 22.8 Å². The van der Waals surface area contributed by atoms with Gasteiger partial charge in [0.1, 0.15) is 0 Å². The molecule has 0 amide bonds. The maximum atomic E-state index is 6.17. The second kappa shape index (κ2) is 5.39. The average Bonchev–Trinajstić information content (AvgIpc) is 2.91. The lowest BCUT2D eigenvalue weighted by Gasteiger charge is -2.01. The maximum absolute atomic E-state index is 6.17. The Morgan fingerprint density at radius 2 is 1.90 bits per heavy atom. The lowest BCUT2D eigenvalue weighted by atomic mass is 10.1. The van der Waals surface area contributed by atoms with Crippen LogP contribution in [0.3, 0.4) is 0 Å². The van der Waals surface area contributed by atoms with Crippen molar-refractivity contribution in [3.05, 3.63) is 52.0 Å². The molecule has 1 aromatic heterocycles. The van der Waals surface area contributed by atoms with Crippen LogP contribution in [-0.4, -0.2) is 15.2 Å². The number of aromatic amines is 1. The molecule has 0 radical (unpaired) electrons. The van der Waals surface area contributed by atoms with E-state index in [2.05, 4.69) is 15.2 Å². The lowest BCUT2D eigenvalue weighted by Crippen LogP contribution is -1.90. The summed E-state index contributed by atoms with van der Waals surface area (Å²) in [6.45, 7) is 1.95. The number of nitrogens with one attached hydrogen (secondary N) is 1. The summed E-state index contributed by atoms with van der Waals surface area (Å²) in [5.41, 5.74) is 9.25. The molecule has 4 nitrogen and oxygen atoms in total. The van der Waals surface area contributed by atoms with Crippen molar-refractivity contribution in [1.82, 2.24) is 15.2 Å². The van der Waals surface area contributed by atoms with Gasteiger partial charge in [0.05, 0.1) is 5.02 Å². The first-order chi connectivity index (χ1) is 10.0. The molecule has 1 heterocycles. The van der Waals surface area contributed by atoms with E-state index >= 15 is 0 Å². The number of rotatable bonds is 2. The number of hydrogen-bond acceptors (Lipinski definition) is 3. The van der Waals surface area contributed by atoms with E-state index in [0.29, 0.717) is 27.4 Å². The van der Waals surface area contributed by atoms with Gasteiger partial charge in [0.15, 0.2) is 11.6 Å². The van der Waals surface area contributed by atoms with Gasteiger partial charge in [0, 0.05) is 21.8 Å². The summed E-state index contributed by atoms with van der Waals surface area (Å²) in [4.78, 5) is 4.46. The van der Waals surface area contributed by atoms with Crippen molar-refractivity contribution < 1.29 is 0 Å². The summed E-state index contributed by atoms with van der Waals surface area (Å²) in [6, 6.07) is 11.0. The number of aromatic nitrogens is 3. The molecule has 0 saturated carbocycles. The smallest absolute Gasteiger partial charge is 0.181 e. The van der Waals surface area contributed by atoms with Crippen LogP contribution in [-0.2, 0) is 0 Å². The van der Waals surface area contributed by atoms with Gasteiger partial charge in [-0.3, -0.25) is 5.10 Å². The molecule has 3 N–H and O–H groups in total. The second-order valence-corrected chi connectivity index (χ2v) is 5.55. The Bertz CT molecular complexity index is 811. The highest BCUT2D eigenvalue weighted by Gasteiger charge is 2.11. The molecule has 0 aliphatic carbocycles. The molecule has 0 atom stereocenters.